The summed E-state index contributed by atoms with van der Waals surface area (Å²) in [5.41, 5.74) is 2.06. The summed E-state index contributed by atoms with van der Waals surface area (Å²) in [6.45, 7) is 9.78. The Morgan fingerprint density at radius 3 is 2.21 bits per heavy atom. The van der Waals surface area contributed by atoms with Crippen LogP contribution in [-0.4, -0.2) is 13.2 Å². The van der Waals surface area contributed by atoms with Crippen molar-refractivity contribution in [1.82, 2.24) is 0 Å². The zero-order valence-electron chi connectivity index (χ0n) is 12.4. The van der Waals surface area contributed by atoms with Crippen LogP contribution in [0.15, 0.2) is 24.3 Å². The van der Waals surface area contributed by atoms with Crippen LogP contribution in [0.2, 0.25) is 0 Å². The lowest BCUT2D eigenvalue weighted by Gasteiger charge is -2.49. The molecule has 0 radical (unpaired) electrons. The van der Waals surface area contributed by atoms with Gasteiger partial charge in [-0.25, -0.2) is 0 Å². The normalized spacial score (nSPS) is 17.9. The molecular weight excluding hydrogens is 234 g/mol. The van der Waals surface area contributed by atoms with Crippen molar-refractivity contribution in [3.8, 4) is 6.07 Å². The number of rotatable bonds is 4. The summed E-state index contributed by atoms with van der Waals surface area (Å²) >= 11 is 0. The fourth-order valence-corrected chi connectivity index (χ4v) is 2.73. The average molecular weight is 257 g/mol. The van der Waals surface area contributed by atoms with Crippen LogP contribution in [0.3, 0.4) is 0 Å². The van der Waals surface area contributed by atoms with Crippen molar-refractivity contribution in [2.45, 2.75) is 39.5 Å². The molecule has 0 saturated carbocycles. The van der Waals surface area contributed by atoms with E-state index in [1.165, 1.54) is 11.1 Å². The number of nitriles is 1. The third-order valence-corrected chi connectivity index (χ3v) is 4.32. The lowest BCUT2D eigenvalue weighted by molar-refractivity contribution is -0.102. The van der Waals surface area contributed by atoms with Gasteiger partial charge in [-0.1, -0.05) is 38.1 Å². The first-order valence-corrected chi connectivity index (χ1v) is 7.00. The van der Waals surface area contributed by atoms with Crippen molar-refractivity contribution in [3.63, 3.8) is 0 Å². The Morgan fingerprint density at radius 2 is 1.84 bits per heavy atom. The Balaban J connectivity index is 2.28. The van der Waals surface area contributed by atoms with Crippen LogP contribution in [0.25, 0.3) is 0 Å². The van der Waals surface area contributed by atoms with E-state index in [0.29, 0.717) is 19.1 Å². The van der Waals surface area contributed by atoms with Crippen LogP contribution in [-0.2, 0) is 16.6 Å². The second kappa shape index (κ2) is 4.98. The van der Waals surface area contributed by atoms with Crippen molar-refractivity contribution in [1.29, 1.82) is 5.26 Å². The Hall–Kier alpha value is -1.33. The van der Waals surface area contributed by atoms with E-state index >= 15 is 0 Å². The van der Waals surface area contributed by atoms with Crippen LogP contribution >= 0.6 is 0 Å². The predicted molar refractivity (Wildman–Crippen MR) is 76.9 cm³/mol. The van der Waals surface area contributed by atoms with Crippen LogP contribution in [0.4, 0.5) is 0 Å². The van der Waals surface area contributed by atoms with Crippen LogP contribution < -0.4 is 0 Å². The van der Waals surface area contributed by atoms with Crippen molar-refractivity contribution < 1.29 is 4.74 Å². The summed E-state index contributed by atoms with van der Waals surface area (Å²) in [4.78, 5) is 0. The monoisotopic (exact) mass is 257 g/mol. The fraction of sp³-hybridized carbons (Fsp3) is 0.588. The Labute approximate surface area is 116 Å². The molecule has 1 fully saturated rings. The summed E-state index contributed by atoms with van der Waals surface area (Å²) in [5.74, 6) is 0.669. The molecule has 102 valence electrons. The Bertz CT molecular complexity index is 475. The van der Waals surface area contributed by atoms with Crippen molar-refractivity contribution >= 4 is 0 Å². The third kappa shape index (κ3) is 2.40. The van der Waals surface area contributed by atoms with E-state index in [1.54, 1.807) is 0 Å². The summed E-state index contributed by atoms with van der Waals surface area (Å²) in [5, 5.41) is 9.42. The number of nitrogens with zero attached hydrogens (tertiary/aromatic N) is 1. The summed E-state index contributed by atoms with van der Waals surface area (Å²) in [6, 6.07) is 11.2. The molecule has 0 bridgehead atoms. The molecule has 0 unspecified atom stereocenters. The van der Waals surface area contributed by atoms with E-state index in [1.807, 2.05) is 13.8 Å². The molecule has 0 aliphatic carbocycles. The van der Waals surface area contributed by atoms with E-state index in [2.05, 4.69) is 44.2 Å². The lowest BCUT2D eigenvalue weighted by atomic mass is 9.61. The molecule has 1 aromatic rings. The fourth-order valence-electron chi connectivity index (χ4n) is 2.73. The topological polar surface area (TPSA) is 33.0 Å². The van der Waals surface area contributed by atoms with Gasteiger partial charge in [-0.05, 0) is 37.3 Å². The predicted octanol–water partition coefficient (Wildman–Crippen LogP) is 3.70. The van der Waals surface area contributed by atoms with Crippen LogP contribution in [0, 0.1) is 22.7 Å². The second-order valence-electron chi connectivity index (χ2n) is 6.61. The highest BCUT2D eigenvalue weighted by molar-refractivity contribution is 5.36. The maximum Gasteiger partial charge on any atom is 0.0695 e. The van der Waals surface area contributed by atoms with Gasteiger partial charge in [0.15, 0.2) is 0 Å². The molecule has 1 heterocycles. The first-order chi connectivity index (χ1) is 8.91. The van der Waals surface area contributed by atoms with E-state index in [-0.39, 0.29) is 5.41 Å². The second-order valence-corrected chi connectivity index (χ2v) is 6.61. The standard InChI is InChI=1S/C17H23NO/c1-13(2)9-14-5-7-15(8-6-14)17(11-19-12-17)16(3,4)10-18/h5-8,13H,9,11-12H2,1-4H3. The number of ether oxygens (including phenoxy) is 1. The van der Waals surface area contributed by atoms with Crippen molar-refractivity contribution in [2.24, 2.45) is 11.3 Å². The summed E-state index contributed by atoms with van der Waals surface area (Å²) < 4.78 is 5.42. The highest BCUT2D eigenvalue weighted by Crippen LogP contribution is 2.46. The molecule has 1 saturated heterocycles. The average Bonchev–Trinajstić information content (AvgIpc) is 2.29. The highest BCUT2D eigenvalue weighted by atomic mass is 16.5. The zero-order chi connectivity index (χ0) is 14.1. The molecular formula is C17H23NO. The van der Waals surface area contributed by atoms with Crippen LogP contribution in [0.5, 0.6) is 0 Å². The largest absolute Gasteiger partial charge is 0.379 e. The first kappa shape index (κ1) is 14.1. The highest BCUT2D eigenvalue weighted by Gasteiger charge is 2.52. The molecule has 2 rings (SSSR count). The summed E-state index contributed by atoms with van der Waals surface area (Å²) in [6.07, 6.45) is 1.10. The molecule has 19 heavy (non-hydrogen) atoms. The number of hydrogen-bond donors (Lipinski definition) is 0. The maximum absolute atomic E-state index is 9.42. The molecule has 0 amide bonds. The van der Waals surface area contributed by atoms with Gasteiger partial charge in [0.05, 0.1) is 30.1 Å². The molecule has 0 aromatic heterocycles. The molecule has 1 aromatic carbocycles. The Kier molecular flexibility index (Phi) is 3.69. The van der Waals surface area contributed by atoms with Gasteiger partial charge in [-0.2, -0.15) is 5.26 Å². The molecule has 1 aliphatic heterocycles. The minimum atomic E-state index is -0.398. The molecule has 2 heteroatoms. The van der Waals surface area contributed by atoms with Gasteiger partial charge >= 0.3 is 0 Å². The van der Waals surface area contributed by atoms with Gasteiger partial charge in [0.1, 0.15) is 0 Å². The molecule has 0 atom stereocenters. The Morgan fingerprint density at radius 1 is 1.26 bits per heavy atom. The smallest absolute Gasteiger partial charge is 0.0695 e. The van der Waals surface area contributed by atoms with Gasteiger partial charge < -0.3 is 4.74 Å². The van der Waals surface area contributed by atoms with Gasteiger partial charge in [-0.15, -0.1) is 0 Å². The van der Waals surface area contributed by atoms with E-state index in [0.717, 1.165) is 6.42 Å². The van der Waals surface area contributed by atoms with Gasteiger partial charge in [-0.3, -0.25) is 0 Å². The maximum atomic E-state index is 9.42. The minimum absolute atomic E-state index is 0.141. The van der Waals surface area contributed by atoms with Gasteiger partial charge in [0.2, 0.25) is 0 Å². The molecule has 0 spiro atoms. The van der Waals surface area contributed by atoms with E-state index in [9.17, 15) is 5.26 Å². The van der Waals surface area contributed by atoms with E-state index in [4.69, 9.17) is 4.74 Å². The van der Waals surface area contributed by atoms with Gasteiger partial charge in [0.25, 0.3) is 0 Å². The van der Waals surface area contributed by atoms with Crippen molar-refractivity contribution in [3.05, 3.63) is 35.4 Å². The molecule has 0 N–H and O–H groups in total. The van der Waals surface area contributed by atoms with E-state index < -0.39 is 5.41 Å². The lowest BCUT2D eigenvalue weighted by Crippen LogP contribution is -2.56. The molecule has 2 nitrogen and oxygen atoms in total. The molecule has 1 aliphatic rings. The number of benzene rings is 1. The third-order valence-electron chi connectivity index (χ3n) is 4.32. The number of hydrogen-bond acceptors (Lipinski definition) is 2. The van der Waals surface area contributed by atoms with Crippen LogP contribution in [0.1, 0.15) is 38.8 Å². The zero-order valence-corrected chi connectivity index (χ0v) is 12.4. The van der Waals surface area contributed by atoms with Crippen molar-refractivity contribution in [2.75, 3.05) is 13.2 Å². The quantitative estimate of drug-likeness (QED) is 0.824. The van der Waals surface area contributed by atoms with Gasteiger partial charge in [0, 0.05) is 0 Å². The summed E-state index contributed by atoms with van der Waals surface area (Å²) in [7, 11) is 0. The SMILES string of the molecule is CC(C)Cc1ccc(C2(C(C)(C)C#N)COC2)cc1. The minimum Gasteiger partial charge on any atom is -0.379 e. The first-order valence-electron chi connectivity index (χ1n) is 7.00.